The molecule has 0 atom stereocenters. The van der Waals surface area contributed by atoms with Crippen LogP contribution >= 0.6 is 0 Å². The third-order valence-corrected chi connectivity index (χ3v) is 3.29. The fourth-order valence-corrected chi connectivity index (χ4v) is 2.32. The van der Waals surface area contributed by atoms with Gasteiger partial charge in [0.25, 0.3) is 0 Å². The zero-order valence-corrected chi connectivity index (χ0v) is 10.8. The lowest BCUT2D eigenvalue weighted by atomic mass is 10.1. The number of carbonyl (C=O) groups is 1. The molecule has 0 bridgehead atoms. The van der Waals surface area contributed by atoms with Crippen LogP contribution in [0.1, 0.15) is 27.2 Å². The number of benzene rings is 1. The highest BCUT2D eigenvalue weighted by atomic mass is 16.6. The van der Waals surface area contributed by atoms with E-state index in [9.17, 15) is 14.9 Å². The Kier molecular flexibility index (Phi) is 2.75. The summed E-state index contributed by atoms with van der Waals surface area (Å²) in [7, 11) is 0. The molecule has 1 heterocycles. The normalized spacial score (nSPS) is 15.7. The Morgan fingerprint density at radius 3 is 2.80 bits per heavy atom. The highest BCUT2D eigenvalue weighted by Crippen LogP contribution is 2.29. The molecule has 0 amide bonds. The van der Waals surface area contributed by atoms with Crippen molar-refractivity contribution in [1.29, 1.82) is 0 Å². The quantitative estimate of drug-likeness (QED) is 0.476. The van der Waals surface area contributed by atoms with E-state index in [-0.39, 0.29) is 11.7 Å². The SMILES string of the molecule is Cc1ccc2c(c1)C(=O)C(=Cc1ccc([N+](=O)[O-])o1)C2. The van der Waals surface area contributed by atoms with Crippen molar-refractivity contribution in [2.24, 2.45) is 0 Å². The van der Waals surface area contributed by atoms with Gasteiger partial charge in [-0.2, -0.15) is 0 Å². The van der Waals surface area contributed by atoms with Gasteiger partial charge in [0.1, 0.15) is 10.7 Å². The second kappa shape index (κ2) is 4.45. The molecule has 0 spiro atoms. The van der Waals surface area contributed by atoms with Crippen LogP contribution in [-0.4, -0.2) is 10.7 Å². The van der Waals surface area contributed by atoms with Crippen molar-refractivity contribution < 1.29 is 14.1 Å². The van der Waals surface area contributed by atoms with Crippen LogP contribution in [0.15, 0.2) is 40.3 Å². The summed E-state index contributed by atoms with van der Waals surface area (Å²) in [4.78, 5) is 22.2. The monoisotopic (exact) mass is 269 g/mol. The molecule has 0 unspecified atom stereocenters. The second-order valence-corrected chi connectivity index (χ2v) is 4.77. The van der Waals surface area contributed by atoms with Gasteiger partial charge in [-0.15, -0.1) is 0 Å². The molecule has 0 radical (unpaired) electrons. The van der Waals surface area contributed by atoms with Crippen LogP contribution < -0.4 is 0 Å². The first-order valence-corrected chi connectivity index (χ1v) is 6.13. The summed E-state index contributed by atoms with van der Waals surface area (Å²) in [6, 6.07) is 8.54. The molecule has 0 aliphatic heterocycles. The molecule has 1 aliphatic rings. The van der Waals surface area contributed by atoms with Crippen LogP contribution in [0.5, 0.6) is 0 Å². The summed E-state index contributed by atoms with van der Waals surface area (Å²) in [5.74, 6) is -0.0389. The summed E-state index contributed by atoms with van der Waals surface area (Å²) in [6.07, 6.45) is 2.10. The van der Waals surface area contributed by atoms with E-state index in [2.05, 4.69) is 0 Å². The molecule has 0 saturated heterocycles. The molecule has 1 aliphatic carbocycles. The van der Waals surface area contributed by atoms with Gasteiger partial charge >= 0.3 is 5.88 Å². The molecule has 1 aromatic carbocycles. The number of nitro groups is 1. The van der Waals surface area contributed by atoms with Crippen LogP contribution in [0, 0.1) is 17.0 Å². The number of hydrogen-bond donors (Lipinski definition) is 0. The molecule has 1 aromatic heterocycles. The number of aryl methyl sites for hydroxylation is 1. The first-order chi connectivity index (χ1) is 9.54. The van der Waals surface area contributed by atoms with Crippen LogP contribution in [-0.2, 0) is 6.42 Å². The largest absolute Gasteiger partial charge is 0.433 e. The van der Waals surface area contributed by atoms with Gasteiger partial charge in [-0.1, -0.05) is 17.7 Å². The van der Waals surface area contributed by atoms with Gasteiger partial charge in [0, 0.05) is 17.6 Å². The lowest BCUT2D eigenvalue weighted by Gasteiger charge is -1.96. The lowest BCUT2D eigenvalue weighted by Crippen LogP contribution is -1.95. The molecule has 5 nitrogen and oxygen atoms in total. The Morgan fingerprint density at radius 2 is 2.10 bits per heavy atom. The van der Waals surface area contributed by atoms with Gasteiger partial charge in [0.2, 0.25) is 0 Å². The maximum atomic E-state index is 12.3. The molecule has 100 valence electrons. The number of Topliss-reactive ketones (excluding diaryl/α,β-unsaturated/α-hetero) is 1. The van der Waals surface area contributed by atoms with Gasteiger partial charge < -0.3 is 4.42 Å². The zero-order valence-electron chi connectivity index (χ0n) is 10.8. The molecular weight excluding hydrogens is 258 g/mol. The van der Waals surface area contributed by atoms with E-state index in [0.717, 1.165) is 11.1 Å². The van der Waals surface area contributed by atoms with Crippen molar-refractivity contribution in [2.75, 3.05) is 0 Å². The van der Waals surface area contributed by atoms with Crippen molar-refractivity contribution in [3.8, 4) is 0 Å². The standard InChI is InChI=1S/C15H11NO4/c1-9-2-3-10-7-11(15(17)13(10)6-9)8-12-4-5-14(20-12)16(18)19/h2-6,8H,7H2,1H3. The van der Waals surface area contributed by atoms with Crippen molar-refractivity contribution in [3.63, 3.8) is 0 Å². The van der Waals surface area contributed by atoms with Gasteiger partial charge in [0.05, 0.1) is 6.07 Å². The molecule has 0 N–H and O–H groups in total. The zero-order chi connectivity index (χ0) is 14.3. The minimum atomic E-state index is -0.601. The van der Waals surface area contributed by atoms with E-state index in [1.807, 2.05) is 25.1 Å². The Balaban J connectivity index is 1.94. The predicted octanol–water partition coefficient (Wildman–Crippen LogP) is 3.32. The number of carbonyl (C=O) groups excluding carboxylic acids is 1. The van der Waals surface area contributed by atoms with Gasteiger partial charge in [-0.25, -0.2) is 0 Å². The first kappa shape index (κ1) is 12.3. The highest BCUT2D eigenvalue weighted by Gasteiger charge is 2.25. The van der Waals surface area contributed by atoms with Gasteiger partial charge in [-0.3, -0.25) is 14.9 Å². The Morgan fingerprint density at radius 1 is 1.30 bits per heavy atom. The fourth-order valence-electron chi connectivity index (χ4n) is 2.32. The number of nitrogens with zero attached hydrogens (tertiary/aromatic N) is 1. The average Bonchev–Trinajstić information content (AvgIpc) is 2.98. The summed E-state index contributed by atoms with van der Waals surface area (Å²) in [5.41, 5.74) is 3.31. The number of furan rings is 1. The smallest absolute Gasteiger partial charge is 0.401 e. The molecule has 5 heteroatoms. The third-order valence-electron chi connectivity index (χ3n) is 3.29. The van der Waals surface area contributed by atoms with Crippen LogP contribution in [0.25, 0.3) is 6.08 Å². The topological polar surface area (TPSA) is 73.3 Å². The van der Waals surface area contributed by atoms with Crippen molar-refractivity contribution in [1.82, 2.24) is 0 Å². The average molecular weight is 269 g/mol. The predicted molar refractivity (Wildman–Crippen MR) is 72.6 cm³/mol. The Labute approximate surface area is 114 Å². The number of rotatable bonds is 2. The van der Waals surface area contributed by atoms with E-state index in [1.165, 1.54) is 12.1 Å². The summed E-state index contributed by atoms with van der Waals surface area (Å²) >= 11 is 0. The molecule has 2 aromatic rings. The molecule has 20 heavy (non-hydrogen) atoms. The van der Waals surface area contributed by atoms with Crippen LogP contribution in [0.3, 0.4) is 0 Å². The minimum Gasteiger partial charge on any atom is -0.401 e. The summed E-state index contributed by atoms with van der Waals surface area (Å²) in [6.45, 7) is 1.94. The lowest BCUT2D eigenvalue weighted by molar-refractivity contribution is -0.402. The first-order valence-electron chi connectivity index (χ1n) is 6.13. The highest BCUT2D eigenvalue weighted by molar-refractivity contribution is 6.15. The molecular formula is C15H11NO4. The maximum absolute atomic E-state index is 12.3. The maximum Gasteiger partial charge on any atom is 0.433 e. The summed E-state index contributed by atoms with van der Waals surface area (Å²) < 4.78 is 5.05. The number of fused-ring (bicyclic) bond motifs is 1. The van der Waals surface area contributed by atoms with E-state index in [1.54, 1.807) is 6.08 Å². The van der Waals surface area contributed by atoms with Crippen LogP contribution in [0.2, 0.25) is 0 Å². The van der Waals surface area contributed by atoms with Crippen molar-refractivity contribution >= 4 is 17.7 Å². The van der Waals surface area contributed by atoms with E-state index in [4.69, 9.17) is 4.42 Å². The minimum absolute atomic E-state index is 0.0391. The number of hydrogen-bond acceptors (Lipinski definition) is 4. The van der Waals surface area contributed by atoms with Crippen LogP contribution in [0.4, 0.5) is 5.88 Å². The second-order valence-electron chi connectivity index (χ2n) is 4.77. The summed E-state index contributed by atoms with van der Waals surface area (Å²) in [5, 5.41) is 10.6. The van der Waals surface area contributed by atoms with E-state index in [0.29, 0.717) is 23.3 Å². The number of allylic oxidation sites excluding steroid dienone is 1. The Bertz CT molecular complexity index is 755. The van der Waals surface area contributed by atoms with E-state index >= 15 is 0 Å². The molecule has 3 rings (SSSR count). The van der Waals surface area contributed by atoms with Crippen molar-refractivity contribution in [2.45, 2.75) is 13.3 Å². The fraction of sp³-hybridized carbons (Fsp3) is 0.133. The van der Waals surface area contributed by atoms with E-state index < -0.39 is 4.92 Å². The number of ketones is 1. The Hall–Kier alpha value is -2.69. The molecule has 0 saturated carbocycles. The molecule has 0 fully saturated rings. The third kappa shape index (κ3) is 2.03. The van der Waals surface area contributed by atoms with Gasteiger partial charge in [-0.05, 0) is 30.7 Å². The van der Waals surface area contributed by atoms with Gasteiger partial charge in [0.15, 0.2) is 5.78 Å². The van der Waals surface area contributed by atoms with Crippen molar-refractivity contribution in [3.05, 3.63) is 68.5 Å².